The van der Waals surface area contributed by atoms with Crippen molar-refractivity contribution in [3.05, 3.63) is 59.7 Å². The van der Waals surface area contributed by atoms with Gasteiger partial charge in [0.2, 0.25) is 5.91 Å². The Morgan fingerprint density at radius 2 is 1.62 bits per heavy atom. The van der Waals surface area contributed by atoms with E-state index in [0.717, 1.165) is 22.3 Å². The van der Waals surface area contributed by atoms with E-state index < -0.39 is 23.6 Å². The maximum atomic E-state index is 13.0. The van der Waals surface area contributed by atoms with Gasteiger partial charge >= 0.3 is 12.1 Å². The Hall–Kier alpha value is -3.35. The number of carbonyl (C=O) groups excluding carboxylic acids is 2. The van der Waals surface area contributed by atoms with Crippen molar-refractivity contribution in [2.75, 3.05) is 6.61 Å². The lowest BCUT2D eigenvalue weighted by atomic mass is 9.88. The lowest BCUT2D eigenvalue weighted by Gasteiger charge is -2.32. The fourth-order valence-electron chi connectivity index (χ4n) is 5.72. The maximum absolute atomic E-state index is 13.0. The summed E-state index contributed by atoms with van der Waals surface area (Å²) in [4.78, 5) is 38.9. The molecule has 3 aliphatic rings. The predicted octanol–water partition coefficient (Wildman–Crippen LogP) is 3.52. The highest BCUT2D eigenvalue weighted by molar-refractivity contribution is 5.92. The second-order valence-electron chi connectivity index (χ2n) is 8.97. The molecule has 2 fully saturated rings. The van der Waals surface area contributed by atoms with E-state index in [1.54, 1.807) is 6.92 Å². The summed E-state index contributed by atoms with van der Waals surface area (Å²) in [6, 6.07) is 15.2. The van der Waals surface area contributed by atoms with E-state index in [9.17, 15) is 19.5 Å². The van der Waals surface area contributed by atoms with Crippen LogP contribution in [0.15, 0.2) is 48.5 Å². The number of rotatable bonds is 5. The van der Waals surface area contributed by atoms with Gasteiger partial charge in [-0.2, -0.15) is 0 Å². The largest absolute Gasteiger partial charge is 0.479 e. The number of aliphatic carboxylic acids is 1. The third kappa shape index (κ3) is 3.06. The van der Waals surface area contributed by atoms with Crippen LogP contribution in [0, 0.1) is 0 Å². The molecule has 2 aliphatic heterocycles. The van der Waals surface area contributed by atoms with E-state index >= 15 is 0 Å². The Morgan fingerprint density at radius 3 is 2.19 bits per heavy atom. The molecular formula is C25H26N2O5. The van der Waals surface area contributed by atoms with Crippen LogP contribution in [0.5, 0.6) is 0 Å². The average molecular weight is 434 g/mol. The number of nitrogens with one attached hydrogen (secondary N) is 1. The van der Waals surface area contributed by atoms with Crippen LogP contribution in [0.2, 0.25) is 0 Å². The minimum atomic E-state index is -1.13. The molecule has 32 heavy (non-hydrogen) atoms. The Balaban J connectivity index is 1.24. The number of carbonyl (C=O) groups is 3. The van der Waals surface area contributed by atoms with E-state index in [1.807, 2.05) is 36.4 Å². The summed E-state index contributed by atoms with van der Waals surface area (Å²) in [6.45, 7) is 1.74. The van der Waals surface area contributed by atoms with Crippen LogP contribution in [-0.4, -0.2) is 52.2 Å². The molecule has 1 aliphatic carbocycles. The van der Waals surface area contributed by atoms with Gasteiger partial charge in [0.05, 0.1) is 0 Å². The van der Waals surface area contributed by atoms with Gasteiger partial charge in [0.25, 0.3) is 0 Å². The molecule has 2 bridgehead atoms. The number of fused-ring (bicyclic) bond motifs is 5. The van der Waals surface area contributed by atoms with Gasteiger partial charge in [-0.15, -0.1) is 0 Å². The van der Waals surface area contributed by atoms with Crippen molar-refractivity contribution in [1.82, 2.24) is 10.2 Å². The summed E-state index contributed by atoms with van der Waals surface area (Å²) >= 11 is 0. The van der Waals surface area contributed by atoms with Gasteiger partial charge in [-0.3, -0.25) is 4.79 Å². The number of carboxylic acid groups (broad SMARTS) is 1. The zero-order valence-corrected chi connectivity index (χ0v) is 17.9. The van der Waals surface area contributed by atoms with Gasteiger partial charge in [0.15, 0.2) is 0 Å². The number of benzene rings is 2. The lowest BCUT2D eigenvalue weighted by molar-refractivity contribution is -0.156. The van der Waals surface area contributed by atoms with Crippen molar-refractivity contribution in [3.8, 4) is 11.1 Å². The summed E-state index contributed by atoms with van der Waals surface area (Å²) < 4.78 is 5.53. The van der Waals surface area contributed by atoms with Gasteiger partial charge in [0, 0.05) is 12.0 Å². The number of amides is 2. The van der Waals surface area contributed by atoms with Crippen LogP contribution in [0.1, 0.15) is 49.7 Å². The Labute approximate surface area is 186 Å². The number of hydrogen-bond acceptors (Lipinski definition) is 4. The van der Waals surface area contributed by atoms with Gasteiger partial charge in [-0.05, 0) is 54.9 Å². The number of carboxylic acids is 1. The van der Waals surface area contributed by atoms with Crippen molar-refractivity contribution in [1.29, 1.82) is 0 Å². The average Bonchev–Trinajstić information content (AvgIpc) is 3.46. The fraction of sp³-hybridized carbons (Fsp3) is 0.400. The number of nitrogens with zero attached hydrogens (tertiary/aromatic N) is 1. The first-order chi connectivity index (χ1) is 15.4. The van der Waals surface area contributed by atoms with Crippen molar-refractivity contribution >= 4 is 18.0 Å². The molecule has 7 heteroatoms. The molecule has 1 atom stereocenters. The molecule has 7 nitrogen and oxygen atoms in total. The standard InChI is InChI=1S/C25H26N2O5/c1-15(22(28)27-16-10-12-25(27,13-11-16)23(29)30)26-24(31)32-14-21-19-8-4-2-6-17(19)18-7-3-5-9-20(18)21/h2-9,15-16,21H,10-14H2,1H3,(H,26,31)(H,29,30)/t15-,16?,25?/m0/s1. The second-order valence-corrected chi connectivity index (χ2v) is 8.97. The minimum Gasteiger partial charge on any atom is -0.479 e. The molecule has 5 rings (SSSR count). The highest BCUT2D eigenvalue weighted by atomic mass is 16.5. The zero-order chi connectivity index (χ0) is 22.5. The summed E-state index contributed by atoms with van der Waals surface area (Å²) in [5, 5.41) is 12.3. The monoisotopic (exact) mass is 434 g/mol. The first-order valence-corrected chi connectivity index (χ1v) is 11.1. The van der Waals surface area contributed by atoms with Crippen molar-refractivity contribution < 1.29 is 24.2 Å². The molecule has 2 aromatic rings. The van der Waals surface area contributed by atoms with Crippen LogP contribution in [0.25, 0.3) is 11.1 Å². The van der Waals surface area contributed by atoms with Crippen molar-refractivity contribution in [2.24, 2.45) is 0 Å². The SMILES string of the molecule is C[C@H](NC(=O)OCC1c2ccccc2-c2ccccc21)C(=O)N1C2CCC1(C(=O)O)CC2. The van der Waals surface area contributed by atoms with Crippen LogP contribution >= 0.6 is 0 Å². The molecule has 166 valence electrons. The van der Waals surface area contributed by atoms with E-state index in [2.05, 4.69) is 17.4 Å². The molecule has 2 saturated heterocycles. The molecule has 0 unspecified atom stereocenters. The molecule has 2 heterocycles. The summed E-state index contributed by atoms with van der Waals surface area (Å²) in [6.07, 6.45) is 1.64. The molecule has 0 aromatic heterocycles. The van der Waals surface area contributed by atoms with Gasteiger partial charge in [-0.1, -0.05) is 48.5 Å². The second kappa shape index (κ2) is 7.65. The summed E-state index contributed by atoms with van der Waals surface area (Å²) in [7, 11) is 0. The number of hydrogen-bond donors (Lipinski definition) is 2. The topological polar surface area (TPSA) is 95.9 Å². The third-order valence-corrected chi connectivity index (χ3v) is 7.29. The van der Waals surface area contributed by atoms with E-state index in [0.29, 0.717) is 25.7 Å². The quantitative estimate of drug-likeness (QED) is 0.751. The van der Waals surface area contributed by atoms with Crippen LogP contribution < -0.4 is 5.32 Å². The van der Waals surface area contributed by atoms with Crippen molar-refractivity contribution in [2.45, 2.75) is 56.1 Å². The van der Waals surface area contributed by atoms with Gasteiger partial charge in [0.1, 0.15) is 18.2 Å². The van der Waals surface area contributed by atoms with Crippen LogP contribution in [0.4, 0.5) is 4.79 Å². The number of ether oxygens (including phenoxy) is 1. The highest BCUT2D eigenvalue weighted by Gasteiger charge is 2.59. The summed E-state index contributed by atoms with van der Waals surface area (Å²) in [5.74, 6) is -1.39. The molecule has 0 radical (unpaired) electrons. The summed E-state index contributed by atoms with van der Waals surface area (Å²) in [5.41, 5.74) is 3.39. The number of alkyl carbamates (subject to hydrolysis) is 1. The Kier molecular flexibility index (Phi) is 4.92. The minimum absolute atomic E-state index is 0.0645. The zero-order valence-electron chi connectivity index (χ0n) is 17.9. The van der Waals surface area contributed by atoms with E-state index in [-0.39, 0.29) is 24.5 Å². The van der Waals surface area contributed by atoms with E-state index in [1.165, 1.54) is 4.90 Å². The highest BCUT2D eigenvalue weighted by Crippen LogP contribution is 2.47. The third-order valence-electron chi connectivity index (χ3n) is 7.29. The molecule has 2 amide bonds. The Morgan fingerprint density at radius 1 is 1.06 bits per heavy atom. The first kappa shape index (κ1) is 20.5. The molecule has 2 N–H and O–H groups in total. The predicted molar refractivity (Wildman–Crippen MR) is 117 cm³/mol. The fourth-order valence-corrected chi connectivity index (χ4v) is 5.72. The molecule has 2 aromatic carbocycles. The van der Waals surface area contributed by atoms with Crippen LogP contribution in [-0.2, 0) is 14.3 Å². The normalized spacial score (nSPS) is 24.0. The Bertz CT molecular complexity index is 1040. The molecule has 0 saturated carbocycles. The smallest absolute Gasteiger partial charge is 0.407 e. The van der Waals surface area contributed by atoms with Crippen molar-refractivity contribution in [3.63, 3.8) is 0 Å². The van der Waals surface area contributed by atoms with Gasteiger partial charge in [-0.25, -0.2) is 9.59 Å². The van der Waals surface area contributed by atoms with Gasteiger partial charge < -0.3 is 20.1 Å². The maximum Gasteiger partial charge on any atom is 0.407 e. The molecular weight excluding hydrogens is 408 g/mol. The lowest BCUT2D eigenvalue weighted by Crippen LogP contribution is -2.56. The first-order valence-electron chi connectivity index (χ1n) is 11.1. The molecule has 0 spiro atoms. The van der Waals surface area contributed by atoms with E-state index in [4.69, 9.17) is 4.74 Å². The van der Waals surface area contributed by atoms with Crippen LogP contribution in [0.3, 0.4) is 0 Å².